The molecule has 108 valence electrons. The van der Waals surface area contributed by atoms with Gasteiger partial charge in [0.05, 0.1) is 18.6 Å². The summed E-state index contributed by atoms with van der Waals surface area (Å²) in [6.45, 7) is 1.69. The van der Waals surface area contributed by atoms with Crippen LogP contribution in [0.2, 0.25) is 0 Å². The second-order valence-electron chi connectivity index (χ2n) is 4.72. The largest absolute Gasteiger partial charge is 0.507 e. The highest BCUT2D eigenvalue weighted by molar-refractivity contribution is 6.10. The molecule has 0 saturated carbocycles. The number of carbonyl (C=O) groups is 2. The Morgan fingerprint density at radius 2 is 1.76 bits per heavy atom. The number of benzene rings is 2. The average Bonchev–Trinajstić information content (AvgIpc) is 2.54. The molecule has 0 amide bonds. The molecule has 2 rings (SSSR count). The molecule has 0 aliphatic rings. The third-order valence-electron chi connectivity index (χ3n) is 3.36. The average molecular weight is 284 g/mol. The molecule has 0 spiro atoms. The van der Waals surface area contributed by atoms with Gasteiger partial charge in [0.1, 0.15) is 5.75 Å². The van der Waals surface area contributed by atoms with E-state index < -0.39 is 11.9 Å². The zero-order valence-electron chi connectivity index (χ0n) is 11.9. The van der Waals surface area contributed by atoms with Crippen molar-refractivity contribution in [2.45, 2.75) is 12.8 Å². The summed E-state index contributed by atoms with van der Waals surface area (Å²) < 4.78 is 4.70. The minimum atomic E-state index is -0.502. The predicted octanol–water partition coefficient (Wildman–Crippen LogP) is 2.90. The number of hydrogen-bond donors (Lipinski definition) is 1. The van der Waals surface area contributed by atoms with Gasteiger partial charge in [-0.15, -0.1) is 0 Å². The molecule has 1 atom stereocenters. The van der Waals surface area contributed by atoms with Gasteiger partial charge in [0.15, 0.2) is 5.78 Å². The molecule has 1 unspecified atom stereocenters. The first kappa shape index (κ1) is 14.8. The van der Waals surface area contributed by atoms with Gasteiger partial charge in [-0.1, -0.05) is 36.4 Å². The Labute approximate surface area is 123 Å². The smallest absolute Gasteiger partial charge is 0.312 e. The lowest BCUT2D eigenvalue weighted by Gasteiger charge is -2.12. The fraction of sp³-hybridized carbons (Fsp3) is 0.176. The molecule has 1 N–H and O–H groups in total. The van der Waals surface area contributed by atoms with Crippen LogP contribution >= 0.6 is 0 Å². The third-order valence-corrected chi connectivity index (χ3v) is 3.36. The van der Waals surface area contributed by atoms with Gasteiger partial charge in [-0.3, -0.25) is 9.59 Å². The van der Waals surface area contributed by atoms with Crippen LogP contribution in [0.1, 0.15) is 34.3 Å². The minimum absolute atomic E-state index is 0.107. The zero-order valence-corrected chi connectivity index (χ0v) is 11.9. The van der Waals surface area contributed by atoms with Crippen LogP contribution in [0.5, 0.6) is 5.75 Å². The van der Waals surface area contributed by atoms with Gasteiger partial charge in [-0.05, 0) is 24.6 Å². The summed E-state index contributed by atoms with van der Waals surface area (Å²) in [5, 5.41) is 9.91. The van der Waals surface area contributed by atoms with E-state index in [4.69, 9.17) is 4.74 Å². The van der Waals surface area contributed by atoms with Crippen molar-refractivity contribution in [1.82, 2.24) is 0 Å². The Bertz CT molecular complexity index is 662. The standard InChI is InChI=1S/C17H16O4/c1-11(17(20)21-2)13-8-9-15(18)14(10-13)16(19)12-6-4-3-5-7-12/h3-11,18H,1-2H3. The van der Waals surface area contributed by atoms with E-state index in [1.54, 1.807) is 37.3 Å². The first-order valence-corrected chi connectivity index (χ1v) is 6.55. The SMILES string of the molecule is COC(=O)C(C)c1ccc(O)c(C(=O)c2ccccc2)c1. The van der Waals surface area contributed by atoms with E-state index in [1.807, 2.05) is 6.07 Å². The molecule has 0 fully saturated rings. The van der Waals surface area contributed by atoms with Crippen molar-refractivity contribution in [2.24, 2.45) is 0 Å². The number of ketones is 1. The van der Waals surface area contributed by atoms with E-state index in [-0.39, 0.29) is 17.1 Å². The summed E-state index contributed by atoms with van der Waals surface area (Å²) in [7, 11) is 1.31. The Morgan fingerprint density at radius 1 is 1.10 bits per heavy atom. The fourth-order valence-corrected chi connectivity index (χ4v) is 2.06. The third kappa shape index (κ3) is 3.11. The number of aromatic hydroxyl groups is 1. The number of esters is 1. The Kier molecular flexibility index (Phi) is 4.38. The van der Waals surface area contributed by atoms with E-state index in [1.165, 1.54) is 19.2 Å². The number of phenols is 1. The number of rotatable bonds is 4. The van der Waals surface area contributed by atoms with Crippen molar-refractivity contribution < 1.29 is 19.4 Å². The molecule has 0 aliphatic carbocycles. The van der Waals surface area contributed by atoms with Crippen molar-refractivity contribution in [3.63, 3.8) is 0 Å². The first-order valence-electron chi connectivity index (χ1n) is 6.55. The lowest BCUT2D eigenvalue weighted by molar-refractivity contribution is -0.142. The van der Waals surface area contributed by atoms with Gasteiger partial charge in [0, 0.05) is 5.56 Å². The topological polar surface area (TPSA) is 63.6 Å². The second-order valence-corrected chi connectivity index (χ2v) is 4.72. The maximum Gasteiger partial charge on any atom is 0.312 e. The van der Waals surface area contributed by atoms with Gasteiger partial charge in [-0.25, -0.2) is 0 Å². The molecule has 0 bridgehead atoms. The van der Waals surface area contributed by atoms with Gasteiger partial charge >= 0.3 is 5.97 Å². The monoisotopic (exact) mass is 284 g/mol. The van der Waals surface area contributed by atoms with Crippen LogP contribution in [-0.2, 0) is 9.53 Å². The highest BCUT2D eigenvalue weighted by atomic mass is 16.5. The maximum absolute atomic E-state index is 12.4. The summed E-state index contributed by atoms with van der Waals surface area (Å²) in [6.07, 6.45) is 0. The van der Waals surface area contributed by atoms with Gasteiger partial charge in [-0.2, -0.15) is 0 Å². The predicted molar refractivity (Wildman–Crippen MR) is 78.4 cm³/mol. The minimum Gasteiger partial charge on any atom is -0.507 e. The summed E-state index contributed by atoms with van der Waals surface area (Å²) in [5.41, 5.74) is 1.28. The van der Waals surface area contributed by atoms with Crippen LogP contribution in [0.15, 0.2) is 48.5 Å². The zero-order chi connectivity index (χ0) is 15.4. The summed E-state index contributed by atoms with van der Waals surface area (Å²) in [6, 6.07) is 13.2. The van der Waals surface area contributed by atoms with Crippen LogP contribution in [-0.4, -0.2) is 24.0 Å². The number of carbonyl (C=O) groups excluding carboxylic acids is 2. The van der Waals surface area contributed by atoms with E-state index >= 15 is 0 Å². The molecule has 4 nitrogen and oxygen atoms in total. The van der Waals surface area contributed by atoms with Crippen LogP contribution < -0.4 is 0 Å². The van der Waals surface area contributed by atoms with E-state index in [0.717, 1.165) is 0 Å². The summed E-state index contributed by atoms with van der Waals surface area (Å²) >= 11 is 0. The maximum atomic E-state index is 12.4. The highest BCUT2D eigenvalue weighted by Gasteiger charge is 2.20. The van der Waals surface area contributed by atoms with Crippen LogP contribution in [0, 0.1) is 0 Å². The molecule has 2 aromatic carbocycles. The molecular weight excluding hydrogens is 268 g/mol. The Hall–Kier alpha value is -2.62. The summed E-state index contributed by atoms with van der Waals surface area (Å²) in [5.74, 6) is -1.28. The lowest BCUT2D eigenvalue weighted by atomic mass is 9.95. The van der Waals surface area contributed by atoms with Crippen molar-refractivity contribution in [3.05, 3.63) is 65.2 Å². The van der Waals surface area contributed by atoms with E-state index in [0.29, 0.717) is 11.1 Å². The van der Waals surface area contributed by atoms with Crippen molar-refractivity contribution in [1.29, 1.82) is 0 Å². The van der Waals surface area contributed by atoms with E-state index in [9.17, 15) is 14.7 Å². The second kappa shape index (κ2) is 6.22. The summed E-state index contributed by atoms with van der Waals surface area (Å²) in [4.78, 5) is 24.0. The highest BCUT2D eigenvalue weighted by Crippen LogP contribution is 2.26. The Balaban J connectivity index is 2.40. The van der Waals surface area contributed by atoms with Crippen LogP contribution in [0.4, 0.5) is 0 Å². The molecule has 0 heterocycles. The molecule has 0 aliphatic heterocycles. The molecule has 0 radical (unpaired) electrons. The molecule has 2 aromatic rings. The number of hydrogen-bond acceptors (Lipinski definition) is 4. The van der Waals surface area contributed by atoms with Gasteiger partial charge < -0.3 is 9.84 Å². The molecular formula is C17H16O4. The Morgan fingerprint density at radius 3 is 2.38 bits per heavy atom. The normalized spacial score (nSPS) is 11.7. The number of methoxy groups -OCH3 is 1. The van der Waals surface area contributed by atoms with E-state index in [2.05, 4.69) is 0 Å². The fourth-order valence-electron chi connectivity index (χ4n) is 2.06. The molecule has 4 heteroatoms. The van der Waals surface area contributed by atoms with Crippen molar-refractivity contribution >= 4 is 11.8 Å². The van der Waals surface area contributed by atoms with Gasteiger partial charge in [0.2, 0.25) is 0 Å². The van der Waals surface area contributed by atoms with Crippen LogP contribution in [0.25, 0.3) is 0 Å². The first-order chi connectivity index (χ1) is 10.0. The van der Waals surface area contributed by atoms with Crippen LogP contribution in [0.3, 0.4) is 0 Å². The van der Waals surface area contributed by atoms with Crippen molar-refractivity contribution in [3.8, 4) is 5.75 Å². The number of ether oxygens (including phenoxy) is 1. The van der Waals surface area contributed by atoms with Gasteiger partial charge in [0.25, 0.3) is 0 Å². The molecule has 21 heavy (non-hydrogen) atoms. The lowest BCUT2D eigenvalue weighted by Crippen LogP contribution is -2.12. The van der Waals surface area contributed by atoms with Crippen molar-refractivity contribution in [2.75, 3.05) is 7.11 Å². The quantitative estimate of drug-likeness (QED) is 0.692. The molecule has 0 aromatic heterocycles. The molecule has 0 saturated heterocycles. The number of phenolic OH excluding ortho intramolecular Hbond substituents is 1.